The van der Waals surface area contributed by atoms with Crippen molar-refractivity contribution in [2.45, 2.75) is 39.1 Å². The Kier molecular flexibility index (Phi) is 7.37. The summed E-state index contributed by atoms with van der Waals surface area (Å²) < 4.78 is 10.9. The molecule has 1 N–H and O–H groups in total. The summed E-state index contributed by atoms with van der Waals surface area (Å²) >= 11 is 0. The first-order chi connectivity index (χ1) is 12.9. The fraction of sp³-hybridized carbons (Fsp3) is 0.333. The van der Waals surface area contributed by atoms with Gasteiger partial charge in [0.05, 0.1) is 13.7 Å². The number of hydrogen-bond acceptors (Lipinski definition) is 4. The van der Waals surface area contributed by atoms with Gasteiger partial charge in [-0.2, -0.15) is 0 Å². The van der Waals surface area contributed by atoms with Crippen LogP contribution in [0.3, 0.4) is 0 Å². The zero-order chi connectivity index (χ0) is 19.8. The van der Waals surface area contributed by atoms with E-state index < -0.39 is 18.1 Å². The molecule has 0 saturated carbocycles. The Morgan fingerprint density at radius 3 is 2.33 bits per heavy atom. The van der Waals surface area contributed by atoms with Crippen molar-refractivity contribution < 1.29 is 24.2 Å². The number of ether oxygens (including phenoxy) is 2. The molecule has 1 amide bonds. The SMILES string of the molecule is COc1cccc(COC(C)C(=O)N(Cc2ccccc2)C(C)C(=O)O)c1. The molecule has 2 atom stereocenters. The van der Waals surface area contributed by atoms with Crippen molar-refractivity contribution in [2.75, 3.05) is 7.11 Å². The summed E-state index contributed by atoms with van der Waals surface area (Å²) in [6.07, 6.45) is -0.776. The molecular weight excluding hydrogens is 346 g/mol. The van der Waals surface area contributed by atoms with Crippen LogP contribution < -0.4 is 4.74 Å². The lowest BCUT2D eigenvalue weighted by Gasteiger charge is -2.29. The summed E-state index contributed by atoms with van der Waals surface area (Å²) in [6.45, 7) is 3.57. The van der Waals surface area contributed by atoms with Crippen LogP contribution in [0.2, 0.25) is 0 Å². The maximum atomic E-state index is 12.9. The maximum Gasteiger partial charge on any atom is 0.326 e. The third kappa shape index (κ3) is 5.82. The summed E-state index contributed by atoms with van der Waals surface area (Å²) in [5.74, 6) is -0.712. The van der Waals surface area contributed by atoms with E-state index in [1.165, 1.54) is 11.8 Å². The number of rotatable bonds is 9. The van der Waals surface area contributed by atoms with E-state index in [2.05, 4.69) is 0 Å². The van der Waals surface area contributed by atoms with Gasteiger partial charge in [-0.3, -0.25) is 4.79 Å². The molecule has 0 fully saturated rings. The van der Waals surface area contributed by atoms with Crippen molar-refractivity contribution in [3.05, 3.63) is 65.7 Å². The third-order valence-corrected chi connectivity index (χ3v) is 4.29. The fourth-order valence-corrected chi connectivity index (χ4v) is 2.61. The second-order valence-corrected chi connectivity index (χ2v) is 6.27. The van der Waals surface area contributed by atoms with Crippen LogP contribution in [0.5, 0.6) is 5.75 Å². The second-order valence-electron chi connectivity index (χ2n) is 6.27. The van der Waals surface area contributed by atoms with E-state index >= 15 is 0 Å². The van der Waals surface area contributed by atoms with E-state index in [0.717, 1.165) is 11.1 Å². The van der Waals surface area contributed by atoms with Crippen molar-refractivity contribution in [1.82, 2.24) is 4.90 Å². The molecule has 0 saturated heterocycles. The van der Waals surface area contributed by atoms with Gasteiger partial charge in [-0.05, 0) is 37.1 Å². The highest BCUT2D eigenvalue weighted by atomic mass is 16.5. The van der Waals surface area contributed by atoms with Gasteiger partial charge in [-0.1, -0.05) is 42.5 Å². The number of carboxylic acids is 1. The van der Waals surface area contributed by atoms with Gasteiger partial charge in [-0.25, -0.2) is 4.79 Å². The van der Waals surface area contributed by atoms with Gasteiger partial charge in [0, 0.05) is 6.54 Å². The van der Waals surface area contributed by atoms with Gasteiger partial charge >= 0.3 is 5.97 Å². The minimum Gasteiger partial charge on any atom is -0.497 e. The Morgan fingerprint density at radius 2 is 1.70 bits per heavy atom. The van der Waals surface area contributed by atoms with E-state index in [1.807, 2.05) is 54.6 Å². The zero-order valence-corrected chi connectivity index (χ0v) is 15.8. The Morgan fingerprint density at radius 1 is 1.04 bits per heavy atom. The van der Waals surface area contributed by atoms with Crippen molar-refractivity contribution in [1.29, 1.82) is 0 Å². The smallest absolute Gasteiger partial charge is 0.326 e. The first-order valence-electron chi connectivity index (χ1n) is 8.74. The minimum atomic E-state index is -1.06. The molecule has 2 aromatic rings. The van der Waals surface area contributed by atoms with Crippen LogP contribution in [-0.4, -0.2) is 41.1 Å². The standard InChI is InChI=1S/C21H25NO5/c1-15(21(24)25)22(13-17-8-5-4-6-9-17)20(23)16(2)27-14-18-10-7-11-19(12-18)26-3/h4-12,15-16H,13-14H2,1-3H3,(H,24,25). The number of nitrogens with zero attached hydrogens (tertiary/aromatic N) is 1. The molecule has 0 aliphatic heterocycles. The monoisotopic (exact) mass is 371 g/mol. The lowest BCUT2D eigenvalue weighted by Crippen LogP contribution is -2.47. The third-order valence-electron chi connectivity index (χ3n) is 4.29. The molecule has 27 heavy (non-hydrogen) atoms. The normalized spacial score (nSPS) is 12.9. The summed E-state index contributed by atoms with van der Waals surface area (Å²) in [4.78, 5) is 25.6. The molecule has 0 heterocycles. The van der Waals surface area contributed by atoms with Crippen LogP contribution in [0.1, 0.15) is 25.0 Å². The molecule has 0 aromatic heterocycles. The zero-order valence-electron chi connectivity index (χ0n) is 15.8. The van der Waals surface area contributed by atoms with Gasteiger partial charge in [-0.15, -0.1) is 0 Å². The molecule has 6 heteroatoms. The van der Waals surface area contributed by atoms with Gasteiger partial charge in [0.25, 0.3) is 5.91 Å². The predicted octanol–water partition coefficient (Wildman–Crippen LogP) is 3.10. The summed E-state index contributed by atoms with van der Waals surface area (Å²) in [5, 5.41) is 9.38. The Bertz CT molecular complexity index is 762. The molecule has 0 radical (unpaired) electrons. The molecule has 144 valence electrons. The van der Waals surface area contributed by atoms with E-state index in [4.69, 9.17) is 9.47 Å². The Labute approximate surface area is 159 Å². The number of methoxy groups -OCH3 is 1. The van der Waals surface area contributed by atoms with Crippen molar-refractivity contribution in [2.24, 2.45) is 0 Å². The van der Waals surface area contributed by atoms with Gasteiger partial charge < -0.3 is 19.5 Å². The van der Waals surface area contributed by atoms with Gasteiger partial charge in [0.15, 0.2) is 0 Å². The van der Waals surface area contributed by atoms with Crippen LogP contribution in [0.4, 0.5) is 0 Å². The molecular formula is C21H25NO5. The first kappa shape index (κ1) is 20.5. The Balaban J connectivity index is 2.07. The quantitative estimate of drug-likeness (QED) is 0.733. The highest BCUT2D eigenvalue weighted by molar-refractivity contribution is 5.86. The lowest BCUT2D eigenvalue weighted by atomic mass is 10.1. The average molecular weight is 371 g/mol. The molecule has 2 rings (SSSR count). The number of carbonyl (C=O) groups excluding carboxylic acids is 1. The van der Waals surface area contributed by atoms with E-state index in [1.54, 1.807) is 14.0 Å². The maximum absolute atomic E-state index is 12.9. The number of carbonyl (C=O) groups is 2. The number of amides is 1. The van der Waals surface area contributed by atoms with Crippen LogP contribution in [0, 0.1) is 0 Å². The molecule has 0 aliphatic rings. The largest absolute Gasteiger partial charge is 0.497 e. The highest BCUT2D eigenvalue weighted by Gasteiger charge is 2.29. The number of benzene rings is 2. The van der Waals surface area contributed by atoms with Crippen molar-refractivity contribution in [3.8, 4) is 5.75 Å². The minimum absolute atomic E-state index is 0.208. The number of hydrogen-bond donors (Lipinski definition) is 1. The predicted molar refractivity (Wildman–Crippen MR) is 101 cm³/mol. The van der Waals surface area contributed by atoms with Gasteiger partial charge in [0.2, 0.25) is 0 Å². The highest BCUT2D eigenvalue weighted by Crippen LogP contribution is 2.16. The molecule has 2 aromatic carbocycles. The van der Waals surface area contributed by atoms with Crippen LogP contribution in [0.15, 0.2) is 54.6 Å². The molecule has 6 nitrogen and oxygen atoms in total. The fourth-order valence-electron chi connectivity index (χ4n) is 2.61. The van der Waals surface area contributed by atoms with E-state index in [9.17, 15) is 14.7 Å². The summed E-state index contributed by atoms with van der Waals surface area (Å²) in [7, 11) is 1.58. The molecule has 2 unspecified atom stereocenters. The van der Waals surface area contributed by atoms with E-state index in [-0.39, 0.29) is 19.1 Å². The molecule has 0 bridgehead atoms. The van der Waals surface area contributed by atoms with Gasteiger partial charge in [0.1, 0.15) is 17.9 Å². The lowest BCUT2D eigenvalue weighted by molar-refractivity contribution is -0.156. The number of aliphatic carboxylic acids is 1. The number of carboxylic acid groups (broad SMARTS) is 1. The van der Waals surface area contributed by atoms with Crippen molar-refractivity contribution >= 4 is 11.9 Å². The van der Waals surface area contributed by atoms with Crippen LogP contribution in [-0.2, 0) is 27.5 Å². The average Bonchev–Trinajstić information content (AvgIpc) is 2.70. The van der Waals surface area contributed by atoms with E-state index in [0.29, 0.717) is 5.75 Å². The molecule has 0 spiro atoms. The van der Waals surface area contributed by atoms with Crippen molar-refractivity contribution in [3.63, 3.8) is 0 Å². The second kappa shape index (κ2) is 9.73. The Hall–Kier alpha value is -2.86. The summed E-state index contributed by atoms with van der Waals surface area (Å²) in [6, 6.07) is 15.7. The van der Waals surface area contributed by atoms with Crippen LogP contribution >= 0.6 is 0 Å². The molecule has 0 aliphatic carbocycles. The first-order valence-corrected chi connectivity index (χ1v) is 8.74. The summed E-state index contributed by atoms with van der Waals surface area (Å²) in [5.41, 5.74) is 1.73. The van der Waals surface area contributed by atoms with Crippen LogP contribution in [0.25, 0.3) is 0 Å². The topological polar surface area (TPSA) is 76.1 Å².